The Hall–Kier alpha value is -2.63. The Bertz CT molecular complexity index is 761. The fourth-order valence-electron chi connectivity index (χ4n) is 3.34. The number of hydrogen-bond acceptors (Lipinski definition) is 3. The van der Waals surface area contributed by atoms with Gasteiger partial charge < -0.3 is 15.1 Å². The highest BCUT2D eigenvalue weighted by Gasteiger charge is 2.14. The predicted molar refractivity (Wildman–Crippen MR) is 105 cm³/mol. The van der Waals surface area contributed by atoms with Crippen molar-refractivity contribution in [3.05, 3.63) is 59.5 Å². The van der Waals surface area contributed by atoms with Gasteiger partial charge in [0.2, 0.25) is 0 Å². The van der Waals surface area contributed by atoms with E-state index in [0.717, 1.165) is 30.0 Å². The standard InChI is InChI=1S/C21H27FN4O/c1-2-25(16-18-7-6-8-19(22)13-18)21(27)24-15-17-9-10-23-20(14-17)26-11-4-3-5-12-26/h6-10,13-14H,2-5,11-12,15-16H2,1H3,(H,24,27). The van der Waals surface area contributed by atoms with Gasteiger partial charge >= 0.3 is 6.03 Å². The minimum absolute atomic E-state index is 0.155. The highest BCUT2D eigenvalue weighted by Crippen LogP contribution is 2.18. The summed E-state index contributed by atoms with van der Waals surface area (Å²) in [6, 6.07) is 10.2. The zero-order valence-corrected chi connectivity index (χ0v) is 15.8. The van der Waals surface area contributed by atoms with E-state index in [4.69, 9.17) is 0 Å². The van der Waals surface area contributed by atoms with E-state index in [0.29, 0.717) is 19.6 Å². The van der Waals surface area contributed by atoms with Gasteiger partial charge in [-0.2, -0.15) is 0 Å². The average Bonchev–Trinajstić information content (AvgIpc) is 2.71. The van der Waals surface area contributed by atoms with Crippen molar-refractivity contribution < 1.29 is 9.18 Å². The molecule has 27 heavy (non-hydrogen) atoms. The Kier molecular flexibility index (Phi) is 6.63. The van der Waals surface area contributed by atoms with Crippen LogP contribution in [0.1, 0.15) is 37.3 Å². The molecule has 0 aliphatic carbocycles. The second-order valence-corrected chi connectivity index (χ2v) is 6.87. The fourth-order valence-corrected chi connectivity index (χ4v) is 3.34. The summed E-state index contributed by atoms with van der Waals surface area (Å²) in [6.07, 6.45) is 5.49. The molecule has 1 aromatic carbocycles. The van der Waals surface area contributed by atoms with Crippen molar-refractivity contribution in [2.24, 2.45) is 0 Å². The first kappa shape index (κ1) is 19.1. The number of rotatable bonds is 6. The monoisotopic (exact) mass is 370 g/mol. The van der Waals surface area contributed by atoms with Gasteiger partial charge in [-0.25, -0.2) is 14.2 Å². The van der Waals surface area contributed by atoms with E-state index in [9.17, 15) is 9.18 Å². The van der Waals surface area contributed by atoms with E-state index in [1.807, 2.05) is 19.1 Å². The molecule has 2 heterocycles. The number of hydrogen-bond donors (Lipinski definition) is 1. The van der Waals surface area contributed by atoms with E-state index >= 15 is 0 Å². The molecule has 144 valence electrons. The first-order valence-electron chi connectivity index (χ1n) is 9.63. The van der Waals surface area contributed by atoms with Crippen LogP contribution in [0.2, 0.25) is 0 Å². The molecule has 1 aliphatic rings. The first-order valence-corrected chi connectivity index (χ1v) is 9.63. The summed E-state index contributed by atoms with van der Waals surface area (Å²) in [7, 11) is 0. The molecule has 0 atom stereocenters. The highest BCUT2D eigenvalue weighted by atomic mass is 19.1. The zero-order chi connectivity index (χ0) is 19.1. The van der Waals surface area contributed by atoms with Gasteiger partial charge in [-0.05, 0) is 61.6 Å². The number of urea groups is 1. The minimum atomic E-state index is -0.286. The van der Waals surface area contributed by atoms with Crippen molar-refractivity contribution in [2.45, 2.75) is 39.3 Å². The quantitative estimate of drug-likeness (QED) is 0.838. The molecule has 2 aromatic rings. The van der Waals surface area contributed by atoms with E-state index in [-0.39, 0.29) is 11.8 Å². The molecule has 1 aliphatic heterocycles. The Morgan fingerprint density at radius 2 is 2.00 bits per heavy atom. The molecule has 0 bridgehead atoms. The normalized spacial score (nSPS) is 14.1. The fraction of sp³-hybridized carbons (Fsp3) is 0.429. The number of carbonyl (C=O) groups is 1. The van der Waals surface area contributed by atoms with Crippen LogP contribution in [0.5, 0.6) is 0 Å². The van der Waals surface area contributed by atoms with Crippen molar-refractivity contribution >= 4 is 11.8 Å². The van der Waals surface area contributed by atoms with Gasteiger partial charge in [0.05, 0.1) is 0 Å². The summed E-state index contributed by atoms with van der Waals surface area (Å²) in [5, 5.41) is 2.96. The maximum atomic E-state index is 13.4. The number of piperidine rings is 1. The summed E-state index contributed by atoms with van der Waals surface area (Å²) in [5.41, 5.74) is 1.81. The third-order valence-corrected chi connectivity index (χ3v) is 4.87. The van der Waals surface area contributed by atoms with Crippen LogP contribution in [0.3, 0.4) is 0 Å². The number of halogens is 1. The van der Waals surface area contributed by atoms with Crippen molar-refractivity contribution in [1.29, 1.82) is 0 Å². The minimum Gasteiger partial charge on any atom is -0.357 e. The molecule has 3 rings (SSSR count). The zero-order valence-electron chi connectivity index (χ0n) is 15.8. The maximum Gasteiger partial charge on any atom is 0.317 e. The number of amides is 2. The van der Waals surface area contributed by atoms with Crippen LogP contribution in [-0.4, -0.2) is 35.5 Å². The summed E-state index contributed by atoms with van der Waals surface area (Å²) in [6.45, 7) is 5.38. The topological polar surface area (TPSA) is 48.5 Å². The Morgan fingerprint density at radius 1 is 1.19 bits per heavy atom. The van der Waals surface area contributed by atoms with Gasteiger partial charge in [0.15, 0.2) is 0 Å². The molecule has 1 saturated heterocycles. The van der Waals surface area contributed by atoms with Crippen molar-refractivity contribution in [3.8, 4) is 0 Å². The lowest BCUT2D eigenvalue weighted by Gasteiger charge is -2.28. The van der Waals surface area contributed by atoms with Gasteiger partial charge in [0, 0.05) is 38.9 Å². The largest absolute Gasteiger partial charge is 0.357 e. The van der Waals surface area contributed by atoms with E-state index in [1.165, 1.54) is 31.4 Å². The summed E-state index contributed by atoms with van der Waals surface area (Å²) in [4.78, 5) is 21.0. The first-order chi connectivity index (χ1) is 13.2. The lowest BCUT2D eigenvalue weighted by molar-refractivity contribution is 0.197. The van der Waals surface area contributed by atoms with Gasteiger partial charge in [-0.15, -0.1) is 0 Å². The number of aromatic nitrogens is 1. The van der Waals surface area contributed by atoms with Gasteiger partial charge in [0.1, 0.15) is 11.6 Å². The van der Waals surface area contributed by atoms with Crippen LogP contribution in [0.25, 0.3) is 0 Å². The Morgan fingerprint density at radius 3 is 2.74 bits per heavy atom. The van der Waals surface area contributed by atoms with Crippen molar-refractivity contribution in [3.63, 3.8) is 0 Å². The maximum absolute atomic E-state index is 13.4. The Labute approximate surface area is 160 Å². The summed E-state index contributed by atoms with van der Waals surface area (Å²) < 4.78 is 13.4. The van der Waals surface area contributed by atoms with E-state index < -0.39 is 0 Å². The van der Waals surface area contributed by atoms with Crippen LogP contribution >= 0.6 is 0 Å². The van der Waals surface area contributed by atoms with Crippen molar-refractivity contribution in [2.75, 3.05) is 24.5 Å². The molecule has 1 N–H and O–H groups in total. The molecule has 6 heteroatoms. The number of anilines is 1. The average molecular weight is 370 g/mol. The third-order valence-electron chi connectivity index (χ3n) is 4.87. The van der Waals surface area contributed by atoms with Crippen LogP contribution in [0.4, 0.5) is 15.0 Å². The molecular weight excluding hydrogens is 343 g/mol. The predicted octanol–water partition coefficient (Wildman–Crippen LogP) is 3.94. The molecule has 1 aromatic heterocycles. The SMILES string of the molecule is CCN(Cc1cccc(F)c1)C(=O)NCc1ccnc(N2CCCCC2)c1. The Balaban J connectivity index is 1.57. The number of benzene rings is 1. The lowest BCUT2D eigenvalue weighted by atomic mass is 10.1. The highest BCUT2D eigenvalue weighted by molar-refractivity contribution is 5.74. The van der Waals surface area contributed by atoms with Gasteiger partial charge in [-0.3, -0.25) is 0 Å². The second kappa shape index (κ2) is 9.35. The molecule has 0 unspecified atom stereocenters. The van der Waals surface area contributed by atoms with Crippen molar-refractivity contribution in [1.82, 2.24) is 15.2 Å². The molecule has 2 amide bonds. The number of pyridine rings is 1. The van der Waals surface area contributed by atoms with E-state index in [2.05, 4.69) is 21.3 Å². The summed E-state index contributed by atoms with van der Waals surface area (Å²) >= 11 is 0. The van der Waals surface area contributed by atoms with Gasteiger partial charge in [0.25, 0.3) is 0 Å². The molecule has 1 fully saturated rings. The molecule has 0 spiro atoms. The number of carbonyl (C=O) groups excluding carboxylic acids is 1. The van der Waals surface area contributed by atoms with Crippen LogP contribution in [-0.2, 0) is 13.1 Å². The smallest absolute Gasteiger partial charge is 0.317 e. The molecule has 5 nitrogen and oxygen atoms in total. The van der Waals surface area contributed by atoms with Crippen LogP contribution in [0, 0.1) is 5.82 Å². The van der Waals surface area contributed by atoms with E-state index in [1.54, 1.807) is 17.2 Å². The van der Waals surface area contributed by atoms with Gasteiger partial charge in [-0.1, -0.05) is 12.1 Å². The molecule has 0 saturated carbocycles. The third kappa shape index (κ3) is 5.42. The second-order valence-electron chi connectivity index (χ2n) is 6.87. The summed E-state index contributed by atoms with van der Waals surface area (Å²) in [5.74, 6) is 0.694. The molecule has 0 radical (unpaired) electrons. The molecular formula is C21H27FN4O. The number of nitrogens with zero attached hydrogens (tertiary/aromatic N) is 3. The van der Waals surface area contributed by atoms with Crippen LogP contribution < -0.4 is 10.2 Å². The van der Waals surface area contributed by atoms with Crippen LogP contribution in [0.15, 0.2) is 42.6 Å². The number of nitrogens with one attached hydrogen (secondary N) is 1. The lowest BCUT2D eigenvalue weighted by Crippen LogP contribution is -2.39.